The first kappa shape index (κ1) is 9.96. The largest absolute Gasteiger partial charge is 0.505 e. The van der Waals surface area contributed by atoms with Crippen LogP contribution in [0.15, 0.2) is 6.07 Å². The van der Waals surface area contributed by atoms with Crippen LogP contribution in [0.5, 0.6) is 5.75 Å². The summed E-state index contributed by atoms with van der Waals surface area (Å²) >= 11 is 3.64. The second-order valence-electron chi connectivity index (χ2n) is 1.94. The second-order valence-corrected chi connectivity index (χ2v) is 3.99. The molecule has 0 amide bonds. The zero-order valence-electron chi connectivity index (χ0n) is 5.58. The van der Waals surface area contributed by atoms with Gasteiger partial charge in [-0.05, 0) is 51.2 Å². The Hall–Kier alpha value is -0.120. The molecule has 0 saturated carbocycles. The highest BCUT2D eigenvalue weighted by Gasteiger charge is 2.12. The molecular weight excluding hydrogens is 388 g/mol. The Bertz CT molecular complexity index is 340. The summed E-state index contributed by atoms with van der Waals surface area (Å²) in [7, 11) is 0. The fourth-order valence-corrected chi connectivity index (χ4v) is 2.10. The van der Waals surface area contributed by atoms with Crippen LogP contribution in [0.4, 0.5) is 0 Å². The van der Waals surface area contributed by atoms with Crippen molar-refractivity contribution < 1.29 is 15.0 Å². The summed E-state index contributed by atoms with van der Waals surface area (Å²) in [6, 6.07) is 1.19. The number of pyridine rings is 1. The molecular formula is C6H3I2NO3. The fourth-order valence-electron chi connectivity index (χ4n) is 0.609. The zero-order chi connectivity index (χ0) is 9.30. The Morgan fingerprint density at radius 1 is 1.42 bits per heavy atom. The Morgan fingerprint density at radius 3 is 2.50 bits per heavy atom. The summed E-state index contributed by atoms with van der Waals surface area (Å²) in [5.41, 5.74) is 0.0218. The molecule has 0 unspecified atom stereocenters. The number of carboxylic acids is 1. The van der Waals surface area contributed by atoms with Crippen molar-refractivity contribution in [2.45, 2.75) is 0 Å². The van der Waals surface area contributed by atoms with E-state index in [0.29, 0.717) is 7.40 Å². The Kier molecular flexibility index (Phi) is 3.09. The fraction of sp³-hybridized carbons (Fsp3) is 0. The first-order valence-corrected chi connectivity index (χ1v) is 4.96. The minimum absolute atomic E-state index is 0.0218. The number of rotatable bonds is 1. The number of hydrogen-bond acceptors (Lipinski definition) is 3. The van der Waals surface area contributed by atoms with Crippen molar-refractivity contribution in [1.29, 1.82) is 0 Å². The molecule has 0 bridgehead atoms. The highest BCUT2D eigenvalue weighted by atomic mass is 127. The van der Waals surface area contributed by atoms with Crippen LogP contribution in [0.3, 0.4) is 0 Å². The molecule has 64 valence electrons. The maximum Gasteiger partial charge on any atom is 0.338 e. The summed E-state index contributed by atoms with van der Waals surface area (Å²) in [6.07, 6.45) is 0. The van der Waals surface area contributed by atoms with Crippen LogP contribution in [-0.4, -0.2) is 21.2 Å². The van der Waals surface area contributed by atoms with E-state index in [1.54, 1.807) is 0 Å². The molecule has 1 heterocycles. The van der Waals surface area contributed by atoms with E-state index in [0.717, 1.165) is 0 Å². The van der Waals surface area contributed by atoms with E-state index >= 15 is 0 Å². The van der Waals surface area contributed by atoms with Gasteiger partial charge in [-0.3, -0.25) is 0 Å². The van der Waals surface area contributed by atoms with Crippen LogP contribution in [0.2, 0.25) is 0 Å². The maximum absolute atomic E-state index is 10.5. The van der Waals surface area contributed by atoms with E-state index in [-0.39, 0.29) is 11.3 Å². The van der Waals surface area contributed by atoms with Gasteiger partial charge < -0.3 is 10.2 Å². The average Bonchev–Trinajstić information content (AvgIpc) is 1.96. The number of nitrogens with zero attached hydrogens (tertiary/aromatic N) is 1. The Labute approximate surface area is 95.3 Å². The molecule has 2 N–H and O–H groups in total. The Balaban J connectivity index is 3.33. The predicted octanol–water partition coefficient (Wildman–Crippen LogP) is 1.69. The van der Waals surface area contributed by atoms with Crippen molar-refractivity contribution in [3.05, 3.63) is 19.0 Å². The molecule has 12 heavy (non-hydrogen) atoms. The van der Waals surface area contributed by atoms with Gasteiger partial charge in [-0.2, -0.15) is 0 Å². The van der Waals surface area contributed by atoms with Crippen molar-refractivity contribution in [2.75, 3.05) is 0 Å². The number of carbonyl (C=O) groups is 1. The molecule has 0 aromatic carbocycles. The van der Waals surface area contributed by atoms with Gasteiger partial charge in [-0.1, -0.05) is 0 Å². The minimum Gasteiger partial charge on any atom is -0.505 e. The van der Waals surface area contributed by atoms with Crippen molar-refractivity contribution in [1.82, 2.24) is 4.98 Å². The Morgan fingerprint density at radius 2 is 2.00 bits per heavy atom. The van der Waals surface area contributed by atoms with Gasteiger partial charge in [-0.25, -0.2) is 9.78 Å². The van der Waals surface area contributed by atoms with Crippen LogP contribution in [-0.2, 0) is 0 Å². The van der Waals surface area contributed by atoms with E-state index in [4.69, 9.17) is 10.2 Å². The number of aromatic hydroxyl groups is 1. The van der Waals surface area contributed by atoms with Crippen molar-refractivity contribution in [3.8, 4) is 5.75 Å². The normalized spacial score (nSPS) is 9.83. The molecule has 0 aliphatic rings. The molecule has 0 saturated heterocycles. The highest BCUT2D eigenvalue weighted by Crippen LogP contribution is 2.21. The van der Waals surface area contributed by atoms with Crippen LogP contribution in [0.1, 0.15) is 10.4 Å². The van der Waals surface area contributed by atoms with Crippen molar-refractivity contribution in [3.63, 3.8) is 0 Å². The highest BCUT2D eigenvalue weighted by molar-refractivity contribution is 14.1. The monoisotopic (exact) mass is 391 g/mol. The van der Waals surface area contributed by atoms with Gasteiger partial charge in [0.1, 0.15) is 13.2 Å². The standard InChI is InChI=1S/C6H3I2NO3/c7-4-2(6(11)12)1-3(10)5(8)9-4/h1,10H,(H,11,12). The van der Waals surface area contributed by atoms with E-state index in [9.17, 15) is 4.79 Å². The summed E-state index contributed by atoms with van der Waals surface area (Å²) in [4.78, 5) is 14.4. The number of halogens is 2. The van der Waals surface area contributed by atoms with Gasteiger partial charge in [0.05, 0.1) is 5.56 Å². The molecule has 0 atom stereocenters. The van der Waals surface area contributed by atoms with Gasteiger partial charge in [-0.15, -0.1) is 0 Å². The molecule has 0 radical (unpaired) electrons. The summed E-state index contributed by atoms with van der Waals surface area (Å²) < 4.78 is 0.782. The van der Waals surface area contributed by atoms with Crippen LogP contribution >= 0.6 is 45.2 Å². The van der Waals surface area contributed by atoms with Gasteiger partial charge in [0, 0.05) is 0 Å². The molecule has 0 spiro atoms. The first-order valence-electron chi connectivity index (χ1n) is 2.80. The number of carboxylic acid groups (broad SMARTS) is 1. The van der Waals surface area contributed by atoms with Crippen molar-refractivity contribution in [2.24, 2.45) is 0 Å². The van der Waals surface area contributed by atoms with E-state index in [2.05, 4.69) is 4.98 Å². The number of hydrogen-bond donors (Lipinski definition) is 2. The van der Waals surface area contributed by atoms with Crippen molar-refractivity contribution >= 4 is 51.2 Å². The van der Waals surface area contributed by atoms with Gasteiger partial charge in [0.2, 0.25) is 0 Å². The number of aromatic carboxylic acids is 1. The molecule has 6 heteroatoms. The molecule has 4 nitrogen and oxygen atoms in total. The molecule has 1 rings (SSSR count). The molecule has 1 aromatic rings. The average molecular weight is 391 g/mol. The third-order valence-electron chi connectivity index (χ3n) is 1.14. The number of aromatic nitrogens is 1. The molecule has 0 fully saturated rings. The first-order chi connectivity index (χ1) is 5.52. The van der Waals surface area contributed by atoms with E-state index < -0.39 is 5.97 Å². The second kappa shape index (κ2) is 3.73. The van der Waals surface area contributed by atoms with Crippen LogP contribution < -0.4 is 0 Å². The summed E-state index contributed by atoms with van der Waals surface area (Å²) in [5, 5.41) is 17.8. The topological polar surface area (TPSA) is 70.4 Å². The lowest BCUT2D eigenvalue weighted by Gasteiger charge is -2.00. The summed E-state index contributed by atoms with van der Waals surface area (Å²) in [5.74, 6) is -1.19. The van der Waals surface area contributed by atoms with Crippen LogP contribution in [0.25, 0.3) is 0 Å². The smallest absolute Gasteiger partial charge is 0.338 e. The molecule has 0 aliphatic carbocycles. The van der Waals surface area contributed by atoms with Gasteiger partial charge >= 0.3 is 5.97 Å². The summed E-state index contributed by atoms with van der Waals surface area (Å²) in [6.45, 7) is 0. The maximum atomic E-state index is 10.5. The SMILES string of the molecule is O=C(O)c1cc(O)c(I)nc1I. The quantitative estimate of drug-likeness (QED) is 0.565. The molecule has 0 aliphatic heterocycles. The lowest BCUT2D eigenvalue weighted by Crippen LogP contribution is -2.02. The van der Waals surface area contributed by atoms with E-state index in [1.165, 1.54) is 6.07 Å². The third-order valence-corrected chi connectivity index (χ3v) is 2.76. The van der Waals surface area contributed by atoms with Gasteiger partial charge in [0.15, 0.2) is 0 Å². The molecule has 1 aromatic heterocycles. The van der Waals surface area contributed by atoms with Gasteiger partial charge in [0.25, 0.3) is 0 Å². The minimum atomic E-state index is -1.08. The lowest BCUT2D eigenvalue weighted by atomic mass is 10.3. The van der Waals surface area contributed by atoms with Crippen LogP contribution in [0, 0.1) is 7.40 Å². The predicted molar refractivity (Wildman–Crippen MR) is 58.3 cm³/mol. The lowest BCUT2D eigenvalue weighted by molar-refractivity contribution is 0.0694. The zero-order valence-corrected chi connectivity index (χ0v) is 9.90. The third kappa shape index (κ3) is 1.97. The van der Waals surface area contributed by atoms with E-state index in [1.807, 2.05) is 45.2 Å².